The summed E-state index contributed by atoms with van der Waals surface area (Å²) in [6, 6.07) is 16.4. The quantitative estimate of drug-likeness (QED) is 0.121. The molecular formula is C25H35BrN4OSSe. The number of hydrogen-bond acceptors (Lipinski definition) is 3. The molecule has 0 atom stereocenters. The molecule has 1 heterocycles. The molecule has 0 saturated carbocycles. The van der Waals surface area contributed by atoms with Crippen LogP contribution in [-0.4, -0.2) is 80.5 Å². The Balaban J connectivity index is 0.00000385. The Bertz CT molecular complexity index is 1100. The number of hydrogen-bond donors (Lipinski definition) is 0. The molecule has 33 heavy (non-hydrogen) atoms. The summed E-state index contributed by atoms with van der Waals surface area (Å²) in [4.78, 5) is 17.2. The minimum atomic E-state index is 0. The molecule has 0 amide bonds. The fourth-order valence-corrected chi connectivity index (χ4v) is 6.88. The third kappa shape index (κ3) is 7.51. The predicted molar refractivity (Wildman–Crippen MR) is 141 cm³/mol. The summed E-state index contributed by atoms with van der Waals surface area (Å²) in [5.74, 6) is 1.17. The number of amidine groups is 1. The first kappa shape index (κ1) is 27.8. The Morgan fingerprint density at radius 2 is 1.64 bits per heavy atom. The van der Waals surface area contributed by atoms with Gasteiger partial charge < -0.3 is 17.0 Å². The largest absolute Gasteiger partial charge is 1.00 e. The van der Waals surface area contributed by atoms with E-state index in [4.69, 9.17) is 0 Å². The molecule has 3 rings (SSSR count). The van der Waals surface area contributed by atoms with E-state index in [0.717, 1.165) is 17.6 Å². The monoisotopic (exact) mass is 598 g/mol. The van der Waals surface area contributed by atoms with Crippen LogP contribution in [0.2, 0.25) is 0 Å². The number of aromatic nitrogens is 1. The summed E-state index contributed by atoms with van der Waals surface area (Å²) < 4.78 is 5.28. The van der Waals surface area contributed by atoms with Gasteiger partial charge in [0.1, 0.15) is 0 Å². The maximum atomic E-state index is 12.7. The molecule has 0 bridgehead atoms. The molecule has 180 valence electrons. The van der Waals surface area contributed by atoms with Crippen LogP contribution in [0.3, 0.4) is 0 Å². The van der Waals surface area contributed by atoms with E-state index in [1.165, 1.54) is 46.6 Å². The molecule has 2 aromatic carbocycles. The molecule has 0 aliphatic rings. The van der Waals surface area contributed by atoms with Gasteiger partial charge in [-0.15, -0.1) is 0 Å². The van der Waals surface area contributed by atoms with Crippen molar-refractivity contribution in [1.29, 1.82) is 0 Å². The number of unbranched alkanes of at least 4 members (excludes halogenated alkanes) is 3. The van der Waals surface area contributed by atoms with E-state index in [2.05, 4.69) is 79.9 Å². The van der Waals surface area contributed by atoms with Crippen molar-refractivity contribution in [2.24, 2.45) is 0 Å². The molecule has 0 fully saturated rings. The molecule has 0 N–H and O–H groups in total. The number of rotatable bonds is 9. The Labute approximate surface area is 218 Å². The standard InChI is InChI=1S/C25H35N4OSSe.BrH/c1-26(2)25(27(3)4)31-19-11-7-6-10-18-28(5)20-14-16-21(17-15-20)29-24(30)22-12-8-9-13-23(22)32-29;/h8-9,12-17H,6-7,10-11,18-19H2,1-5H3;1H/q+1;/p-1. The third-order valence-electron chi connectivity index (χ3n) is 5.40. The molecule has 3 aromatic rings. The van der Waals surface area contributed by atoms with Crippen LogP contribution in [0.4, 0.5) is 5.69 Å². The van der Waals surface area contributed by atoms with Gasteiger partial charge in [-0.2, -0.15) is 0 Å². The zero-order valence-electron chi connectivity index (χ0n) is 20.3. The van der Waals surface area contributed by atoms with Crippen LogP contribution in [0.1, 0.15) is 25.7 Å². The Kier molecular flexibility index (Phi) is 11.3. The average molecular weight is 599 g/mol. The van der Waals surface area contributed by atoms with E-state index in [9.17, 15) is 4.79 Å². The molecule has 0 aliphatic heterocycles. The summed E-state index contributed by atoms with van der Waals surface area (Å²) in [7, 11) is 10.6. The first-order valence-electron chi connectivity index (χ1n) is 11.2. The van der Waals surface area contributed by atoms with Gasteiger partial charge in [-0.3, -0.25) is 9.48 Å². The van der Waals surface area contributed by atoms with Crippen molar-refractivity contribution in [1.82, 2.24) is 8.46 Å². The first-order valence-corrected chi connectivity index (χ1v) is 13.8. The normalized spacial score (nSPS) is 10.7. The Morgan fingerprint density at radius 3 is 2.27 bits per heavy atom. The van der Waals surface area contributed by atoms with E-state index in [1.807, 2.05) is 33.5 Å². The van der Waals surface area contributed by atoms with E-state index >= 15 is 0 Å². The van der Waals surface area contributed by atoms with Gasteiger partial charge in [0.15, 0.2) is 0 Å². The summed E-state index contributed by atoms with van der Waals surface area (Å²) in [5.41, 5.74) is 2.32. The van der Waals surface area contributed by atoms with E-state index in [0.29, 0.717) is 0 Å². The first-order chi connectivity index (χ1) is 15.4. The summed E-state index contributed by atoms with van der Waals surface area (Å²) in [5, 5.41) is 2.17. The molecule has 8 heteroatoms. The number of thioether (sulfide) groups is 1. The second-order valence-electron chi connectivity index (χ2n) is 8.46. The fourth-order valence-electron chi connectivity index (χ4n) is 3.74. The molecule has 0 unspecified atom stereocenters. The minimum Gasteiger partial charge on any atom is -1.00 e. The topological polar surface area (TPSA) is 31.5 Å². The maximum absolute atomic E-state index is 12.7. The van der Waals surface area contributed by atoms with Crippen molar-refractivity contribution in [2.45, 2.75) is 25.7 Å². The van der Waals surface area contributed by atoms with Crippen molar-refractivity contribution in [2.75, 3.05) is 52.4 Å². The fraction of sp³-hybridized carbons (Fsp3) is 0.440. The summed E-state index contributed by atoms with van der Waals surface area (Å²) >= 11 is 1.96. The molecule has 1 aromatic heterocycles. The number of halogens is 1. The van der Waals surface area contributed by atoms with Gasteiger partial charge in [-0.1, -0.05) is 0 Å². The Morgan fingerprint density at radius 1 is 0.970 bits per heavy atom. The van der Waals surface area contributed by atoms with Crippen LogP contribution in [0.5, 0.6) is 0 Å². The molecule has 5 nitrogen and oxygen atoms in total. The molecule has 0 aliphatic carbocycles. The van der Waals surface area contributed by atoms with Gasteiger partial charge in [0.2, 0.25) is 0 Å². The molecule has 0 radical (unpaired) electrons. The second kappa shape index (κ2) is 13.4. The second-order valence-corrected chi connectivity index (χ2v) is 11.6. The van der Waals surface area contributed by atoms with Crippen molar-refractivity contribution < 1.29 is 21.6 Å². The molecule has 0 spiro atoms. The smallest absolute Gasteiger partial charge is 0.0749 e. The Hall–Kier alpha value is -1.47. The number of anilines is 1. The van der Waals surface area contributed by atoms with Crippen LogP contribution >= 0.6 is 11.8 Å². The van der Waals surface area contributed by atoms with Gasteiger partial charge in [0, 0.05) is 0 Å². The SMILES string of the molecule is CN(C)C(SCCCCCCN(C)c1ccc(-n2[se]c3ccccc3c2=O)cc1)=[N+](C)C.[Br-]. The van der Waals surface area contributed by atoms with Crippen LogP contribution in [-0.2, 0) is 0 Å². The summed E-state index contributed by atoms with van der Waals surface area (Å²) in [6.07, 6.45) is 4.98. The van der Waals surface area contributed by atoms with Crippen molar-refractivity contribution >= 4 is 47.0 Å². The van der Waals surface area contributed by atoms with E-state index in [1.54, 1.807) is 0 Å². The molecule has 0 saturated heterocycles. The van der Waals surface area contributed by atoms with E-state index < -0.39 is 0 Å². The van der Waals surface area contributed by atoms with Crippen LogP contribution < -0.4 is 27.4 Å². The number of nitrogens with zero attached hydrogens (tertiary/aromatic N) is 4. The number of benzene rings is 2. The van der Waals surface area contributed by atoms with Gasteiger partial charge >= 0.3 is 153 Å². The van der Waals surface area contributed by atoms with Crippen LogP contribution in [0.15, 0.2) is 53.3 Å². The van der Waals surface area contributed by atoms with Gasteiger partial charge in [-0.05, 0) is 11.8 Å². The van der Waals surface area contributed by atoms with Crippen molar-refractivity contribution in [3.63, 3.8) is 0 Å². The van der Waals surface area contributed by atoms with Gasteiger partial charge in [-0.25, -0.2) is 0 Å². The third-order valence-corrected chi connectivity index (χ3v) is 9.21. The van der Waals surface area contributed by atoms with Crippen LogP contribution in [0, 0.1) is 0 Å². The predicted octanol–water partition coefficient (Wildman–Crippen LogP) is 0.971. The zero-order chi connectivity index (χ0) is 23.1. The van der Waals surface area contributed by atoms with E-state index in [-0.39, 0.29) is 37.3 Å². The molecular weight excluding hydrogens is 563 g/mol. The average Bonchev–Trinajstić information content (AvgIpc) is 3.11. The van der Waals surface area contributed by atoms with Crippen LogP contribution in [0.25, 0.3) is 15.3 Å². The van der Waals surface area contributed by atoms with Gasteiger partial charge in [0.05, 0.1) is 28.2 Å². The van der Waals surface area contributed by atoms with Crippen molar-refractivity contribution in [3.05, 3.63) is 58.9 Å². The summed E-state index contributed by atoms with van der Waals surface area (Å²) in [6.45, 7) is 1.05. The minimum absolute atomic E-state index is 0. The van der Waals surface area contributed by atoms with Gasteiger partial charge in [0.25, 0.3) is 0 Å². The number of fused-ring (bicyclic) bond motifs is 1. The maximum Gasteiger partial charge on any atom is 0.0749 e. The zero-order valence-corrected chi connectivity index (χ0v) is 24.4. The van der Waals surface area contributed by atoms with Crippen molar-refractivity contribution in [3.8, 4) is 5.69 Å².